The van der Waals surface area contributed by atoms with E-state index in [0.29, 0.717) is 16.6 Å². The Balaban J connectivity index is 2.82. The lowest BCUT2D eigenvalue weighted by molar-refractivity contribution is 0.0524. The molecule has 19 heavy (non-hydrogen) atoms. The van der Waals surface area contributed by atoms with Gasteiger partial charge in [0, 0.05) is 18.9 Å². The Morgan fingerprint density at radius 1 is 1.53 bits per heavy atom. The van der Waals surface area contributed by atoms with Crippen molar-refractivity contribution in [2.24, 2.45) is 7.05 Å². The summed E-state index contributed by atoms with van der Waals surface area (Å²) in [7, 11) is 1.70. The number of rotatable bonds is 2. The maximum absolute atomic E-state index is 12.3. The molecule has 0 spiro atoms. The average molecular weight is 281 g/mol. The minimum atomic E-state index is -0.629. The van der Waals surface area contributed by atoms with Crippen LogP contribution in [0, 0.1) is 6.92 Å². The number of ether oxygens (including phenoxy) is 1. The van der Waals surface area contributed by atoms with Crippen LogP contribution in [0.4, 0.5) is 0 Å². The van der Waals surface area contributed by atoms with Crippen LogP contribution in [0.1, 0.15) is 23.0 Å². The number of aromatic nitrogens is 2. The lowest BCUT2D eigenvalue weighted by atomic mass is 10.1. The fourth-order valence-corrected chi connectivity index (χ4v) is 2.32. The molecule has 5 nitrogen and oxygen atoms in total. The smallest absolute Gasteiger partial charge is 0.343 e. The van der Waals surface area contributed by atoms with Gasteiger partial charge in [0.05, 0.1) is 17.5 Å². The van der Waals surface area contributed by atoms with Crippen LogP contribution in [0.25, 0.3) is 10.9 Å². The van der Waals surface area contributed by atoms with Crippen LogP contribution in [0.5, 0.6) is 0 Å². The molecule has 0 N–H and O–H groups in total. The minimum absolute atomic E-state index is 0.00137. The van der Waals surface area contributed by atoms with Gasteiger partial charge in [0.1, 0.15) is 5.56 Å². The lowest BCUT2D eigenvalue weighted by Gasteiger charge is -2.10. The number of hydrogen-bond acceptors (Lipinski definition) is 4. The van der Waals surface area contributed by atoms with Crippen molar-refractivity contribution in [2.45, 2.75) is 13.8 Å². The summed E-state index contributed by atoms with van der Waals surface area (Å²) in [5, 5.41) is 0.607. The van der Waals surface area contributed by atoms with Crippen LogP contribution < -0.4 is 5.43 Å². The highest BCUT2D eigenvalue weighted by molar-refractivity contribution is 6.33. The van der Waals surface area contributed by atoms with Crippen molar-refractivity contribution in [3.63, 3.8) is 0 Å². The number of pyridine rings is 2. The number of fused-ring (bicyclic) bond motifs is 1. The van der Waals surface area contributed by atoms with E-state index in [0.717, 1.165) is 0 Å². The van der Waals surface area contributed by atoms with Gasteiger partial charge in [0.2, 0.25) is 5.43 Å². The Labute approximate surface area is 114 Å². The van der Waals surface area contributed by atoms with Crippen molar-refractivity contribution in [2.75, 3.05) is 6.61 Å². The first-order valence-corrected chi connectivity index (χ1v) is 6.17. The molecular weight excluding hydrogens is 268 g/mol. The molecule has 2 heterocycles. The Morgan fingerprint density at radius 2 is 2.21 bits per heavy atom. The SMILES string of the molecule is CCOC(=O)c1cn(C)c2c(Cl)nc(C)cc2c1=O. The van der Waals surface area contributed by atoms with E-state index in [-0.39, 0.29) is 22.8 Å². The second-order valence-electron chi connectivity index (χ2n) is 4.15. The van der Waals surface area contributed by atoms with E-state index in [9.17, 15) is 9.59 Å². The number of hydrogen-bond donors (Lipinski definition) is 0. The first-order chi connectivity index (χ1) is 8.95. The highest BCUT2D eigenvalue weighted by Crippen LogP contribution is 2.20. The van der Waals surface area contributed by atoms with Gasteiger partial charge in [-0.1, -0.05) is 11.6 Å². The molecule has 2 aromatic rings. The number of aryl methyl sites for hydroxylation is 2. The number of nitrogens with zero attached hydrogens (tertiary/aromatic N) is 2. The van der Waals surface area contributed by atoms with E-state index in [1.54, 1.807) is 31.5 Å². The quantitative estimate of drug-likeness (QED) is 0.624. The Kier molecular flexibility index (Phi) is 3.57. The zero-order valence-electron chi connectivity index (χ0n) is 10.9. The highest BCUT2D eigenvalue weighted by atomic mass is 35.5. The van der Waals surface area contributed by atoms with Crippen molar-refractivity contribution in [3.8, 4) is 0 Å². The maximum atomic E-state index is 12.3. The van der Waals surface area contributed by atoms with E-state index < -0.39 is 5.97 Å². The molecule has 6 heteroatoms. The second-order valence-corrected chi connectivity index (χ2v) is 4.51. The Morgan fingerprint density at radius 3 is 2.84 bits per heavy atom. The van der Waals surface area contributed by atoms with Crippen LogP contribution >= 0.6 is 11.6 Å². The number of carbonyl (C=O) groups excluding carboxylic acids is 1. The predicted octanol–water partition coefficient (Wildman–Crippen LogP) is 2.07. The van der Waals surface area contributed by atoms with Gasteiger partial charge in [-0.2, -0.15) is 0 Å². The lowest BCUT2D eigenvalue weighted by Crippen LogP contribution is -2.20. The summed E-state index contributed by atoms with van der Waals surface area (Å²) in [4.78, 5) is 28.2. The normalized spacial score (nSPS) is 10.7. The van der Waals surface area contributed by atoms with E-state index in [1.165, 1.54) is 6.20 Å². The molecule has 0 aromatic carbocycles. The third kappa shape index (κ3) is 2.33. The molecule has 2 rings (SSSR count). The molecule has 0 fully saturated rings. The molecule has 0 radical (unpaired) electrons. The summed E-state index contributed by atoms with van der Waals surface area (Å²) in [6.07, 6.45) is 1.42. The van der Waals surface area contributed by atoms with Gasteiger partial charge in [-0.3, -0.25) is 4.79 Å². The first-order valence-electron chi connectivity index (χ1n) is 5.79. The van der Waals surface area contributed by atoms with Gasteiger partial charge in [-0.15, -0.1) is 0 Å². The summed E-state index contributed by atoms with van der Waals surface area (Å²) in [6.45, 7) is 3.65. The largest absolute Gasteiger partial charge is 0.462 e. The summed E-state index contributed by atoms with van der Waals surface area (Å²) in [5.41, 5.74) is 0.735. The maximum Gasteiger partial charge on any atom is 0.343 e. The molecule has 0 atom stereocenters. The molecule has 0 aliphatic heterocycles. The van der Waals surface area contributed by atoms with E-state index in [4.69, 9.17) is 16.3 Å². The molecule has 100 valence electrons. The Hall–Kier alpha value is -1.88. The number of halogens is 1. The summed E-state index contributed by atoms with van der Waals surface area (Å²) in [6, 6.07) is 1.62. The minimum Gasteiger partial charge on any atom is -0.462 e. The van der Waals surface area contributed by atoms with Crippen LogP contribution in [-0.4, -0.2) is 22.1 Å². The van der Waals surface area contributed by atoms with Gasteiger partial charge in [-0.05, 0) is 19.9 Å². The van der Waals surface area contributed by atoms with Crippen LogP contribution in [0.3, 0.4) is 0 Å². The third-order valence-corrected chi connectivity index (χ3v) is 3.00. The van der Waals surface area contributed by atoms with Crippen molar-refractivity contribution in [3.05, 3.63) is 38.9 Å². The fourth-order valence-electron chi connectivity index (χ4n) is 1.95. The second kappa shape index (κ2) is 5.01. The van der Waals surface area contributed by atoms with E-state index in [2.05, 4.69) is 4.98 Å². The first kappa shape index (κ1) is 13.5. The fraction of sp³-hybridized carbons (Fsp3) is 0.308. The third-order valence-electron chi connectivity index (χ3n) is 2.74. The van der Waals surface area contributed by atoms with Crippen LogP contribution in [0.15, 0.2) is 17.1 Å². The molecule has 2 aromatic heterocycles. The van der Waals surface area contributed by atoms with Crippen LogP contribution in [-0.2, 0) is 11.8 Å². The van der Waals surface area contributed by atoms with Crippen molar-refractivity contribution in [1.29, 1.82) is 0 Å². The van der Waals surface area contributed by atoms with E-state index in [1.807, 2.05) is 0 Å². The summed E-state index contributed by atoms with van der Waals surface area (Å²) < 4.78 is 6.48. The molecule has 0 saturated heterocycles. The van der Waals surface area contributed by atoms with Crippen molar-refractivity contribution >= 4 is 28.5 Å². The van der Waals surface area contributed by atoms with Gasteiger partial charge >= 0.3 is 5.97 Å². The molecule has 0 amide bonds. The van der Waals surface area contributed by atoms with Gasteiger partial charge in [0.25, 0.3) is 0 Å². The zero-order valence-corrected chi connectivity index (χ0v) is 11.6. The predicted molar refractivity (Wildman–Crippen MR) is 72.7 cm³/mol. The molecule has 0 saturated carbocycles. The number of carbonyl (C=O) groups is 1. The van der Waals surface area contributed by atoms with Crippen molar-refractivity contribution in [1.82, 2.24) is 9.55 Å². The number of esters is 1. The van der Waals surface area contributed by atoms with Gasteiger partial charge in [0.15, 0.2) is 5.15 Å². The standard InChI is InChI=1S/C13H13ClN2O3/c1-4-19-13(18)9-6-16(3)10-8(11(9)17)5-7(2)15-12(10)14/h5-6H,4H2,1-3H3. The molecule has 0 unspecified atom stereocenters. The van der Waals surface area contributed by atoms with Gasteiger partial charge < -0.3 is 9.30 Å². The molecule has 0 aliphatic rings. The van der Waals surface area contributed by atoms with E-state index >= 15 is 0 Å². The zero-order chi connectivity index (χ0) is 14.2. The van der Waals surface area contributed by atoms with Gasteiger partial charge in [-0.25, -0.2) is 9.78 Å². The highest BCUT2D eigenvalue weighted by Gasteiger charge is 2.17. The summed E-state index contributed by atoms with van der Waals surface area (Å²) in [5.74, 6) is -0.629. The monoisotopic (exact) mass is 280 g/mol. The average Bonchev–Trinajstić information content (AvgIpc) is 2.33. The topological polar surface area (TPSA) is 61.2 Å². The van der Waals surface area contributed by atoms with Crippen molar-refractivity contribution < 1.29 is 9.53 Å². The molecular formula is C13H13ClN2O3. The Bertz CT molecular complexity index is 722. The van der Waals surface area contributed by atoms with Crippen LogP contribution in [0.2, 0.25) is 5.15 Å². The molecule has 0 aliphatic carbocycles. The molecule has 0 bridgehead atoms. The summed E-state index contributed by atoms with van der Waals surface area (Å²) >= 11 is 6.05.